The summed E-state index contributed by atoms with van der Waals surface area (Å²) in [6.45, 7) is 0. The van der Waals surface area contributed by atoms with E-state index in [2.05, 4.69) is 5.32 Å². The summed E-state index contributed by atoms with van der Waals surface area (Å²) in [7, 11) is 0. The summed E-state index contributed by atoms with van der Waals surface area (Å²) in [5.41, 5.74) is 0.139. The van der Waals surface area contributed by atoms with Gasteiger partial charge >= 0.3 is 0 Å². The number of phenols is 1. The molecule has 3 nitrogen and oxygen atoms in total. The first-order chi connectivity index (χ1) is 8.66. The monoisotopic (exact) mass is 251 g/mol. The summed E-state index contributed by atoms with van der Waals surface area (Å²) in [6, 6.07) is 3.63. The van der Waals surface area contributed by atoms with Gasteiger partial charge in [-0.3, -0.25) is 4.79 Å². The molecule has 1 saturated carbocycles. The molecule has 18 heavy (non-hydrogen) atoms. The largest absolute Gasteiger partial charge is 0.507 e. The smallest absolute Gasteiger partial charge is 0.255 e. The third-order valence-corrected chi connectivity index (χ3v) is 3.39. The summed E-state index contributed by atoms with van der Waals surface area (Å²) >= 11 is 0. The molecule has 0 spiro atoms. The molecule has 0 aliphatic heterocycles. The summed E-state index contributed by atoms with van der Waals surface area (Å²) in [4.78, 5) is 12.0. The van der Waals surface area contributed by atoms with Crippen LogP contribution in [-0.2, 0) is 0 Å². The maximum absolute atomic E-state index is 12.8. The van der Waals surface area contributed by atoms with Gasteiger partial charge in [0.05, 0.1) is 5.56 Å². The number of hydrogen-bond acceptors (Lipinski definition) is 2. The van der Waals surface area contributed by atoms with Crippen molar-refractivity contribution in [1.82, 2.24) is 5.32 Å². The lowest BCUT2D eigenvalue weighted by Crippen LogP contribution is -2.34. The van der Waals surface area contributed by atoms with Gasteiger partial charge in [0.25, 0.3) is 5.91 Å². The van der Waals surface area contributed by atoms with Crippen molar-refractivity contribution < 1.29 is 14.3 Å². The highest BCUT2D eigenvalue weighted by Crippen LogP contribution is 2.20. The van der Waals surface area contributed by atoms with Crippen molar-refractivity contribution in [2.75, 3.05) is 0 Å². The van der Waals surface area contributed by atoms with Crippen LogP contribution in [0.15, 0.2) is 18.2 Å². The molecule has 1 aromatic carbocycles. The maximum Gasteiger partial charge on any atom is 0.255 e. The van der Waals surface area contributed by atoms with Crippen molar-refractivity contribution in [2.24, 2.45) is 0 Å². The number of aromatic hydroxyl groups is 1. The van der Waals surface area contributed by atoms with Crippen LogP contribution in [0, 0.1) is 5.82 Å². The molecule has 1 aromatic rings. The van der Waals surface area contributed by atoms with E-state index in [9.17, 15) is 14.3 Å². The van der Waals surface area contributed by atoms with Crippen molar-refractivity contribution in [3.63, 3.8) is 0 Å². The molecule has 2 rings (SSSR count). The minimum absolute atomic E-state index is 0.139. The highest BCUT2D eigenvalue weighted by Gasteiger charge is 2.17. The molecule has 1 aliphatic carbocycles. The molecule has 0 unspecified atom stereocenters. The molecular weight excluding hydrogens is 233 g/mol. The molecule has 0 radical (unpaired) electrons. The molecule has 98 valence electrons. The molecule has 0 heterocycles. The molecule has 1 aliphatic rings. The fraction of sp³-hybridized carbons (Fsp3) is 0.500. The second-order valence-electron chi connectivity index (χ2n) is 4.82. The van der Waals surface area contributed by atoms with E-state index in [0.29, 0.717) is 0 Å². The number of hydrogen-bond donors (Lipinski definition) is 2. The quantitative estimate of drug-likeness (QED) is 0.794. The zero-order valence-electron chi connectivity index (χ0n) is 10.3. The van der Waals surface area contributed by atoms with Crippen LogP contribution >= 0.6 is 0 Å². The van der Waals surface area contributed by atoms with E-state index < -0.39 is 5.82 Å². The van der Waals surface area contributed by atoms with E-state index >= 15 is 0 Å². The number of nitrogens with one attached hydrogen (secondary N) is 1. The fourth-order valence-corrected chi connectivity index (χ4v) is 2.38. The van der Waals surface area contributed by atoms with Crippen LogP contribution in [0.1, 0.15) is 48.9 Å². The number of amides is 1. The molecular formula is C14H18FNO2. The van der Waals surface area contributed by atoms with Crippen LogP contribution in [-0.4, -0.2) is 17.1 Å². The zero-order valence-corrected chi connectivity index (χ0v) is 10.3. The van der Waals surface area contributed by atoms with E-state index in [1.165, 1.54) is 25.0 Å². The second-order valence-corrected chi connectivity index (χ2v) is 4.82. The molecule has 0 aromatic heterocycles. The number of rotatable bonds is 2. The standard InChI is InChI=1S/C14H18FNO2/c15-10-7-8-12(13(17)9-10)14(18)16-11-5-3-1-2-4-6-11/h7-9,11,17H,1-6H2,(H,16,18). The minimum atomic E-state index is -0.543. The lowest BCUT2D eigenvalue weighted by molar-refractivity contribution is 0.0930. The molecule has 2 N–H and O–H groups in total. The first kappa shape index (κ1) is 12.9. The van der Waals surface area contributed by atoms with Gasteiger partial charge in [0.15, 0.2) is 0 Å². The van der Waals surface area contributed by atoms with Gasteiger partial charge in [0.1, 0.15) is 11.6 Å². The summed E-state index contributed by atoms with van der Waals surface area (Å²) in [5.74, 6) is -1.17. The lowest BCUT2D eigenvalue weighted by Gasteiger charge is -2.16. The molecule has 4 heteroatoms. The average molecular weight is 251 g/mol. The van der Waals surface area contributed by atoms with Crippen molar-refractivity contribution in [1.29, 1.82) is 0 Å². The SMILES string of the molecule is O=C(NC1CCCCCC1)c1ccc(F)cc1O. The zero-order chi connectivity index (χ0) is 13.0. The Morgan fingerprint density at radius 3 is 2.50 bits per heavy atom. The molecule has 0 atom stereocenters. The highest BCUT2D eigenvalue weighted by atomic mass is 19.1. The third-order valence-electron chi connectivity index (χ3n) is 3.39. The fourth-order valence-electron chi connectivity index (χ4n) is 2.38. The molecule has 0 saturated heterocycles. The summed E-state index contributed by atoms with van der Waals surface area (Å²) < 4.78 is 12.8. The van der Waals surface area contributed by atoms with Crippen molar-refractivity contribution >= 4 is 5.91 Å². The maximum atomic E-state index is 12.8. The Labute approximate surface area is 106 Å². The number of halogens is 1. The van der Waals surface area contributed by atoms with Gasteiger partial charge < -0.3 is 10.4 Å². The summed E-state index contributed by atoms with van der Waals surface area (Å²) in [5, 5.41) is 12.5. The van der Waals surface area contributed by atoms with Crippen LogP contribution in [0.3, 0.4) is 0 Å². The molecule has 1 fully saturated rings. The third kappa shape index (κ3) is 3.22. The predicted octanol–water partition coefficient (Wildman–Crippen LogP) is 2.98. The van der Waals surface area contributed by atoms with Crippen molar-refractivity contribution in [2.45, 2.75) is 44.6 Å². The molecule has 1 amide bonds. The summed E-state index contributed by atoms with van der Waals surface area (Å²) in [6.07, 6.45) is 6.64. The number of benzene rings is 1. The van der Waals surface area contributed by atoms with E-state index in [1.54, 1.807) is 0 Å². The highest BCUT2D eigenvalue weighted by molar-refractivity contribution is 5.96. The Morgan fingerprint density at radius 1 is 1.22 bits per heavy atom. The van der Waals surface area contributed by atoms with Gasteiger partial charge in [0, 0.05) is 12.1 Å². The second kappa shape index (κ2) is 5.85. The van der Waals surface area contributed by atoms with E-state index in [0.717, 1.165) is 31.7 Å². The normalized spacial score (nSPS) is 17.2. The van der Waals surface area contributed by atoms with Gasteiger partial charge in [0.2, 0.25) is 0 Å². The topological polar surface area (TPSA) is 49.3 Å². The van der Waals surface area contributed by atoms with Crippen LogP contribution in [0.4, 0.5) is 4.39 Å². The van der Waals surface area contributed by atoms with Gasteiger partial charge in [-0.1, -0.05) is 25.7 Å². The van der Waals surface area contributed by atoms with Crippen LogP contribution in [0.5, 0.6) is 5.75 Å². The Bertz CT molecular complexity index is 426. The first-order valence-corrected chi connectivity index (χ1v) is 6.46. The van der Waals surface area contributed by atoms with Gasteiger partial charge in [-0.25, -0.2) is 4.39 Å². The Balaban J connectivity index is 2.02. The van der Waals surface area contributed by atoms with Crippen LogP contribution < -0.4 is 5.32 Å². The first-order valence-electron chi connectivity index (χ1n) is 6.46. The van der Waals surface area contributed by atoms with Crippen molar-refractivity contribution in [3.8, 4) is 5.75 Å². The molecule has 0 bridgehead atoms. The van der Waals surface area contributed by atoms with Crippen molar-refractivity contribution in [3.05, 3.63) is 29.6 Å². The van der Waals surface area contributed by atoms with Gasteiger partial charge in [-0.05, 0) is 25.0 Å². The Hall–Kier alpha value is -1.58. The van der Waals surface area contributed by atoms with E-state index in [-0.39, 0.29) is 23.3 Å². The Kier molecular flexibility index (Phi) is 4.18. The predicted molar refractivity (Wildman–Crippen MR) is 67.0 cm³/mol. The Morgan fingerprint density at radius 2 is 1.89 bits per heavy atom. The number of phenolic OH excluding ortho intramolecular Hbond substituents is 1. The lowest BCUT2D eigenvalue weighted by atomic mass is 10.1. The van der Waals surface area contributed by atoms with E-state index in [4.69, 9.17) is 0 Å². The van der Waals surface area contributed by atoms with E-state index in [1.807, 2.05) is 0 Å². The van der Waals surface area contributed by atoms with Crippen LogP contribution in [0.25, 0.3) is 0 Å². The average Bonchev–Trinajstić information content (AvgIpc) is 2.57. The van der Waals surface area contributed by atoms with Gasteiger partial charge in [-0.15, -0.1) is 0 Å². The minimum Gasteiger partial charge on any atom is -0.507 e. The van der Waals surface area contributed by atoms with Crippen LogP contribution in [0.2, 0.25) is 0 Å². The van der Waals surface area contributed by atoms with Gasteiger partial charge in [-0.2, -0.15) is 0 Å². The number of carbonyl (C=O) groups is 1. The number of carbonyl (C=O) groups excluding carboxylic acids is 1.